The average Bonchev–Trinajstić information content (AvgIpc) is 2.35. The second-order valence-corrected chi connectivity index (χ2v) is 4.38. The van der Waals surface area contributed by atoms with Crippen molar-refractivity contribution in [3.8, 4) is 0 Å². The van der Waals surface area contributed by atoms with Crippen molar-refractivity contribution in [2.24, 2.45) is 0 Å². The molecule has 1 aromatic heterocycles. The number of anilines is 1. The van der Waals surface area contributed by atoms with Crippen LogP contribution in [0.5, 0.6) is 0 Å². The number of pyridine rings is 1. The Balaban J connectivity index is 2.01. The summed E-state index contributed by atoms with van der Waals surface area (Å²) in [5, 5.41) is 2.89. The number of carbonyl (C=O) groups excluding carboxylic acids is 1. The van der Waals surface area contributed by atoms with Crippen LogP contribution in [0.3, 0.4) is 0 Å². The van der Waals surface area contributed by atoms with Crippen LogP contribution in [-0.4, -0.2) is 5.91 Å². The van der Waals surface area contributed by atoms with Crippen LogP contribution in [-0.2, 0) is 11.3 Å². The largest absolute Gasteiger partial charge is 0.321 e. The molecule has 1 amide bonds. The second kappa shape index (κ2) is 5.45. The van der Waals surface area contributed by atoms with E-state index in [1.54, 1.807) is 0 Å². The molecule has 0 saturated carbocycles. The number of rotatable bonds is 3. The predicted molar refractivity (Wildman–Crippen MR) is 71.2 cm³/mol. The molecule has 0 bridgehead atoms. The first-order chi connectivity index (χ1) is 8.65. The molecule has 0 fully saturated rings. The second-order valence-electron chi connectivity index (χ2n) is 4.38. The summed E-state index contributed by atoms with van der Waals surface area (Å²) in [5.74, 6) is -0.0156. The summed E-state index contributed by atoms with van der Waals surface area (Å²) in [5.41, 5.74) is 3.08. The quantitative estimate of drug-likeness (QED) is 0.821. The SMILES string of the molecule is Cc1ccc(NC(=O)C[n+]2ccccc2C)cc1. The monoisotopic (exact) mass is 241 g/mol. The van der Waals surface area contributed by atoms with E-state index in [1.165, 1.54) is 5.56 Å². The van der Waals surface area contributed by atoms with E-state index in [0.29, 0.717) is 6.54 Å². The summed E-state index contributed by atoms with van der Waals surface area (Å²) in [4.78, 5) is 11.9. The lowest BCUT2D eigenvalue weighted by atomic mass is 10.2. The zero-order valence-corrected chi connectivity index (χ0v) is 10.7. The third-order valence-electron chi connectivity index (χ3n) is 2.82. The standard InChI is InChI=1S/C15H16N2O/c1-12-6-8-14(9-7-12)16-15(18)11-17-10-4-3-5-13(17)2/h3-10H,11H2,1-2H3/p+1. The van der Waals surface area contributed by atoms with Gasteiger partial charge in [-0.05, 0) is 19.1 Å². The first kappa shape index (κ1) is 12.3. The van der Waals surface area contributed by atoms with Crippen LogP contribution in [0.4, 0.5) is 5.69 Å². The fourth-order valence-electron chi connectivity index (χ4n) is 1.73. The van der Waals surface area contributed by atoms with Crippen LogP contribution in [0.1, 0.15) is 11.3 Å². The molecule has 0 unspecified atom stereocenters. The predicted octanol–water partition coefficient (Wildman–Crippen LogP) is 2.23. The summed E-state index contributed by atoms with van der Waals surface area (Å²) in [6, 6.07) is 13.7. The Labute approximate surface area is 107 Å². The number of hydrogen-bond donors (Lipinski definition) is 1. The van der Waals surface area contributed by atoms with Gasteiger partial charge in [-0.15, -0.1) is 0 Å². The summed E-state index contributed by atoms with van der Waals surface area (Å²) in [6.45, 7) is 4.34. The van der Waals surface area contributed by atoms with Gasteiger partial charge in [-0.1, -0.05) is 23.8 Å². The van der Waals surface area contributed by atoms with Crippen LogP contribution < -0.4 is 9.88 Å². The molecule has 0 aliphatic heterocycles. The van der Waals surface area contributed by atoms with Gasteiger partial charge < -0.3 is 5.32 Å². The summed E-state index contributed by atoms with van der Waals surface area (Å²) >= 11 is 0. The van der Waals surface area contributed by atoms with E-state index in [2.05, 4.69) is 5.32 Å². The fraction of sp³-hybridized carbons (Fsp3) is 0.200. The van der Waals surface area contributed by atoms with Gasteiger partial charge in [0, 0.05) is 24.7 Å². The summed E-state index contributed by atoms with van der Waals surface area (Å²) in [7, 11) is 0. The molecule has 2 rings (SSSR count). The molecule has 0 spiro atoms. The molecule has 1 aromatic carbocycles. The first-order valence-electron chi connectivity index (χ1n) is 5.97. The minimum atomic E-state index is -0.0156. The number of benzene rings is 1. The number of aromatic nitrogens is 1. The molecular weight excluding hydrogens is 224 g/mol. The maximum absolute atomic E-state index is 11.9. The van der Waals surface area contributed by atoms with E-state index >= 15 is 0 Å². The maximum Gasteiger partial charge on any atom is 0.290 e. The summed E-state index contributed by atoms with van der Waals surface area (Å²) in [6.07, 6.45) is 1.91. The Kier molecular flexibility index (Phi) is 3.72. The van der Waals surface area contributed by atoms with Gasteiger partial charge in [0.2, 0.25) is 6.54 Å². The Bertz CT molecular complexity index is 547. The van der Waals surface area contributed by atoms with Gasteiger partial charge in [0.05, 0.1) is 0 Å². The topological polar surface area (TPSA) is 33.0 Å². The minimum Gasteiger partial charge on any atom is -0.321 e. The number of nitrogens with zero attached hydrogens (tertiary/aromatic N) is 1. The number of aryl methyl sites for hydroxylation is 2. The minimum absolute atomic E-state index is 0.0156. The molecule has 0 radical (unpaired) electrons. The molecule has 0 atom stereocenters. The van der Waals surface area contributed by atoms with E-state index in [4.69, 9.17) is 0 Å². The van der Waals surface area contributed by atoms with Crippen molar-refractivity contribution in [1.29, 1.82) is 0 Å². The van der Waals surface area contributed by atoms with Crippen LogP contribution in [0.15, 0.2) is 48.7 Å². The third-order valence-corrected chi connectivity index (χ3v) is 2.82. The Morgan fingerprint density at radius 2 is 1.83 bits per heavy atom. The van der Waals surface area contributed by atoms with Crippen molar-refractivity contribution in [3.63, 3.8) is 0 Å². The normalized spacial score (nSPS) is 10.1. The highest BCUT2D eigenvalue weighted by Gasteiger charge is 2.11. The fourth-order valence-corrected chi connectivity index (χ4v) is 1.73. The molecule has 3 heteroatoms. The van der Waals surface area contributed by atoms with Gasteiger partial charge in [-0.3, -0.25) is 4.79 Å². The average molecular weight is 241 g/mol. The van der Waals surface area contributed by atoms with Crippen molar-refractivity contribution in [3.05, 3.63) is 59.9 Å². The van der Waals surface area contributed by atoms with E-state index in [9.17, 15) is 4.79 Å². The molecule has 92 valence electrons. The van der Waals surface area contributed by atoms with Gasteiger partial charge >= 0.3 is 0 Å². The molecular formula is C15H17N2O+. The Morgan fingerprint density at radius 1 is 1.11 bits per heavy atom. The lowest BCUT2D eigenvalue weighted by Crippen LogP contribution is -2.42. The highest BCUT2D eigenvalue weighted by molar-refractivity contribution is 5.89. The van der Waals surface area contributed by atoms with Crippen LogP contribution >= 0.6 is 0 Å². The molecule has 2 aromatic rings. The van der Waals surface area contributed by atoms with E-state index < -0.39 is 0 Å². The lowest BCUT2D eigenvalue weighted by molar-refractivity contribution is -0.690. The zero-order chi connectivity index (χ0) is 13.0. The third kappa shape index (κ3) is 3.17. The van der Waals surface area contributed by atoms with Gasteiger partial charge in [-0.25, -0.2) is 0 Å². The van der Waals surface area contributed by atoms with Crippen LogP contribution in [0.2, 0.25) is 0 Å². The number of amides is 1. The zero-order valence-electron chi connectivity index (χ0n) is 10.7. The van der Waals surface area contributed by atoms with Gasteiger partial charge in [-0.2, -0.15) is 4.57 Å². The lowest BCUT2D eigenvalue weighted by Gasteiger charge is -2.04. The van der Waals surface area contributed by atoms with Crippen LogP contribution in [0.25, 0.3) is 0 Å². The smallest absolute Gasteiger partial charge is 0.290 e. The molecule has 3 nitrogen and oxygen atoms in total. The van der Waals surface area contributed by atoms with Gasteiger partial charge in [0.25, 0.3) is 5.91 Å². The van der Waals surface area contributed by atoms with Crippen molar-refractivity contribution in [1.82, 2.24) is 0 Å². The highest BCUT2D eigenvalue weighted by atomic mass is 16.1. The van der Waals surface area contributed by atoms with E-state index in [1.807, 2.05) is 67.1 Å². The number of carbonyl (C=O) groups is 1. The van der Waals surface area contributed by atoms with Crippen molar-refractivity contribution in [2.45, 2.75) is 20.4 Å². The Morgan fingerprint density at radius 3 is 2.50 bits per heavy atom. The molecule has 0 saturated heterocycles. The molecule has 0 aliphatic carbocycles. The Hall–Kier alpha value is -2.16. The number of nitrogens with one attached hydrogen (secondary N) is 1. The maximum atomic E-state index is 11.9. The summed E-state index contributed by atoms with van der Waals surface area (Å²) < 4.78 is 1.92. The first-order valence-corrected chi connectivity index (χ1v) is 5.97. The molecule has 18 heavy (non-hydrogen) atoms. The van der Waals surface area contributed by atoms with E-state index in [-0.39, 0.29) is 5.91 Å². The number of hydrogen-bond acceptors (Lipinski definition) is 1. The highest BCUT2D eigenvalue weighted by Crippen LogP contribution is 2.08. The van der Waals surface area contributed by atoms with Crippen molar-refractivity contribution in [2.75, 3.05) is 5.32 Å². The molecule has 0 aliphatic rings. The van der Waals surface area contributed by atoms with Gasteiger partial charge in [0.15, 0.2) is 11.9 Å². The van der Waals surface area contributed by atoms with Crippen molar-refractivity contribution >= 4 is 11.6 Å². The molecule has 1 N–H and O–H groups in total. The molecule has 1 heterocycles. The van der Waals surface area contributed by atoms with Crippen LogP contribution in [0, 0.1) is 13.8 Å². The van der Waals surface area contributed by atoms with Crippen molar-refractivity contribution < 1.29 is 9.36 Å². The van der Waals surface area contributed by atoms with E-state index in [0.717, 1.165) is 11.4 Å². The van der Waals surface area contributed by atoms with Gasteiger partial charge in [0.1, 0.15) is 0 Å².